The number of hydrogen-bond donors (Lipinski definition) is 1. The molecule has 0 aliphatic heterocycles. The molecule has 1 aromatic heterocycles. The summed E-state index contributed by atoms with van der Waals surface area (Å²) in [5, 5.41) is 8.99. The molecule has 0 saturated heterocycles. The fraction of sp³-hybridized carbons (Fsp3) is 0.125. The van der Waals surface area contributed by atoms with Gasteiger partial charge in [-0.15, -0.1) is 0 Å². The Balaban J connectivity index is 2.18. The predicted molar refractivity (Wildman–Crippen MR) is 75.9 cm³/mol. The second kappa shape index (κ2) is 4.49. The summed E-state index contributed by atoms with van der Waals surface area (Å²) in [6.07, 6.45) is 0. The van der Waals surface area contributed by atoms with Crippen molar-refractivity contribution >= 4 is 17.1 Å². The first-order valence-electron chi connectivity index (χ1n) is 6.27. The number of benzene rings is 2. The monoisotopic (exact) mass is 267 g/mol. The van der Waals surface area contributed by atoms with Crippen LogP contribution in [0.3, 0.4) is 0 Å². The van der Waals surface area contributed by atoms with Crippen LogP contribution in [0.1, 0.15) is 21.5 Å². The topological polar surface area (TPSA) is 63.3 Å². The van der Waals surface area contributed by atoms with Crippen molar-refractivity contribution in [1.29, 1.82) is 0 Å². The summed E-state index contributed by atoms with van der Waals surface area (Å²) < 4.78 is 5.71. The van der Waals surface area contributed by atoms with Crippen LogP contribution in [0.2, 0.25) is 0 Å². The molecule has 0 spiro atoms. The van der Waals surface area contributed by atoms with E-state index >= 15 is 0 Å². The van der Waals surface area contributed by atoms with Crippen molar-refractivity contribution in [3.8, 4) is 11.5 Å². The largest absolute Gasteiger partial charge is 0.478 e. The highest BCUT2D eigenvalue weighted by Gasteiger charge is 2.13. The molecule has 20 heavy (non-hydrogen) atoms. The minimum absolute atomic E-state index is 0.196. The second-order valence-corrected chi connectivity index (χ2v) is 4.75. The maximum Gasteiger partial charge on any atom is 0.335 e. The first-order valence-corrected chi connectivity index (χ1v) is 6.27. The van der Waals surface area contributed by atoms with Gasteiger partial charge in [-0.2, -0.15) is 0 Å². The molecule has 0 atom stereocenters. The van der Waals surface area contributed by atoms with Gasteiger partial charge in [0, 0.05) is 5.56 Å². The van der Waals surface area contributed by atoms with Crippen LogP contribution in [-0.4, -0.2) is 16.1 Å². The zero-order valence-electron chi connectivity index (χ0n) is 11.2. The molecule has 2 aromatic carbocycles. The van der Waals surface area contributed by atoms with E-state index in [9.17, 15) is 4.79 Å². The van der Waals surface area contributed by atoms with Gasteiger partial charge in [0.15, 0.2) is 5.58 Å². The van der Waals surface area contributed by atoms with E-state index in [2.05, 4.69) is 4.98 Å². The minimum atomic E-state index is -0.975. The van der Waals surface area contributed by atoms with Crippen molar-refractivity contribution < 1.29 is 14.3 Å². The highest BCUT2D eigenvalue weighted by molar-refractivity contribution is 5.92. The lowest BCUT2D eigenvalue weighted by molar-refractivity contribution is 0.0697. The fourth-order valence-corrected chi connectivity index (χ4v) is 2.16. The lowest BCUT2D eigenvalue weighted by atomic mass is 10.0. The molecule has 1 N–H and O–H groups in total. The van der Waals surface area contributed by atoms with Crippen LogP contribution in [0.15, 0.2) is 40.8 Å². The zero-order valence-corrected chi connectivity index (χ0v) is 11.2. The number of aromatic carboxylic acids is 1. The van der Waals surface area contributed by atoms with Gasteiger partial charge < -0.3 is 9.52 Å². The molecular formula is C16H13NO3. The first-order chi connectivity index (χ1) is 9.56. The number of carboxylic acid groups (broad SMARTS) is 1. The van der Waals surface area contributed by atoms with E-state index in [-0.39, 0.29) is 5.56 Å². The van der Waals surface area contributed by atoms with Gasteiger partial charge in [-0.05, 0) is 49.2 Å². The second-order valence-electron chi connectivity index (χ2n) is 4.75. The van der Waals surface area contributed by atoms with Gasteiger partial charge in [0.1, 0.15) is 5.52 Å². The lowest BCUT2D eigenvalue weighted by Gasteiger charge is -2.03. The van der Waals surface area contributed by atoms with Crippen LogP contribution < -0.4 is 0 Å². The normalized spacial score (nSPS) is 10.9. The van der Waals surface area contributed by atoms with E-state index < -0.39 is 5.97 Å². The van der Waals surface area contributed by atoms with Crippen molar-refractivity contribution in [2.45, 2.75) is 13.8 Å². The number of aryl methyl sites for hydroxylation is 1. The minimum Gasteiger partial charge on any atom is -0.478 e. The van der Waals surface area contributed by atoms with Gasteiger partial charge in [-0.3, -0.25) is 0 Å². The van der Waals surface area contributed by atoms with Crippen LogP contribution in [0.5, 0.6) is 0 Å². The molecule has 1 heterocycles. The van der Waals surface area contributed by atoms with E-state index in [1.54, 1.807) is 6.07 Å². The molecule has 3 aromatic rings. The van der Waals surface area contributed by atoms with Crippen molar-refractivity contribution in [3.63, 3.8) is 0 Å². The predicted octanol–water partition coefficient (Wildman–Crippen LogP) is 3.81. The molecule has 100 valence electrons. The van der Waals surface area contributed by atoms with E-state index in [0.29, 0.717) is 17.0 Å². The van der Waals surface area contributed by atoms with Gasteiger partial charge in [0.2, 0.25) is 5.89 Å². The molecule has 4 nitrogen and oxygen atoms in total. The smallest absolute Gasteiger partial charge is 0.335 e. The summed E-state index contributed by atoms with van der Waals surface area (Å²) in [5.41, 5.74) is 4.54. The van der Waals surface area contributed by atoms with Crippen molar-refractivity contribution in [1.82, 2.24) is 4.98 Å². The van der Waals surface area contributed by atoms with Crippen LogP contribution in [0.25, 0.3) is 22.6 Å². The van der Waals surface area contributed by atoms with E-state index in [4.69, 9.17) is 9.52 Å². The molecule has 0 aliphatic rings. The average molecular weight is 267 g/mol. The number of carbonyl (C=O) groups is 1. The van der Waals surface area contributed by atoms with Gasteiger partial charge in [-0.1, -0.05) is 12.1 Å². The van der Waals surface area contributed by atoms with Crippen LogP contribution >= 0.6 is 0 Å². The molecule has 0 fully saturated rings. The lowest BCUT2D eigenvalue weighted by Crippen LogP contribution is -1.94. The highest BCUT2D eigenvalue weighted by Crippen LogP contribution is 2.28. The Hall–Kier alpha value is -2.62. The molecule has 0 bridgehead atoms. The van der Waals surface area contributed by atoms with E-state index in [1.165, 1.54) is 12.1 Å². The van der Waals surface area contributed by atoms with Gasteiger partial charge in [-0.25, -0.2) is 9.78 Å². The molecule has 0 unspecified atom stereocenters. The molecule has 0 aliphatic carbocycles. The Morgan fingerprint density at radius 1 is 1.20 bits per heavy atom. The Morgan fingerprint density at radius 2 is 2.00 bits per heavy atom. The molecule has 0 saturated carbocycles. The quantitative estimate of drug-likeness (QED) is 0.766. The molecular weight excluding hydrogens is 254 g/mol. The van der Waals surface area contributed by atoms with Crippen molar-refractivity contribution in [2.75, 3.05) is 0 Å². The van der Waals surface area contributed by atoms with Gasteiger partial charge in [0.05, 0.1) is 5.56 Å². The molecule has 0 amide bonds. The fourth-order valence-electron chi connectivity index (χ4n) is 2.16. The maximum absolute atomic E-state index is 11.0. The zero-order chi connectivity index (χ0) is 14.3. The third kappa shape index (κ3) is 1.95. The Kier molecular flexibility index (Phi) is 2.79. The SMILES string of the molecule is Cc1cccc(-c2nc3ccc(C(=O)O)cc3o2)c1C. The van der Waals surface area contributed by atoms with Gasteiger partial charge >= 0.3 is 5.97 Å². The number of nitrogens with zero attached hydrogens (tertiary/aromatic N) is 1. The summed E-state index contributed by atoms with van der Waals surface area (Å²) in [4.78, 5) is 15.4. The standard InChI is InChI=1S/C16H13NO3/c1-9-4-3-5-12(10(9)2)15-17-13-7-6-11(16(18)19)8-14(13)20-15/h3-8H,1-2H3,(H,18,19). The summed E-state index contributed by atoms with van der Waals surface area (Å²) >= 11 is 0. The average Bonchev–Trinajstić information content (AvgIpc) is 2.84. The van der Waals surface area contributed by atoms with E-state index in [0.717, 1.165) is 16.7 Å². The van der Waals surface area contributed by atoms with Gasteiger partial charge in [0.25, 0.3) is 0 Å². The maximum atomic E-state index is 11.0. The van der Waals surface area contributed by atoms with Crippen LogP contribution in [0, 0.1) is 13.8 Å². The highest BCUT2D eigenvalue weighted by atomic mass is 16.4. The number of hydrogen-bond acceptors (Lipinski definition) is 3. The number of fused-ring (bicyclic) bond motifs is 1. The van der Waals surface area contributed by atoms with Crippen LogP contribution in [-0.2, 0) is 0 Å². The first kappa shape index (κ1) is 12.4. The van der Waals surface area contributed by atoms with E-state index in [1.807, 2.05) is 32.0 Å². The number of aromatic nitrogens is 1. The number of carboxylic acids is 1. The summed E-state index contributed by atoms with van der Waals surface area (Å²) in [6.45, 7) is 4.05. The van der Waals surface area contributed by atoms with Crippen LogP contribution in [0.4, 0.5) is 0 Å². The summed E-state index contributed by atoms with van der Waals surface area (Å²) in [5.74, 6) is -0.458. The van der Waals surface area contributed by atoms with Crippen molar-refractivity contribution in [2.24, 2.45) is 0 Å². The molecule has 4 heteroatoms. The van der Waals surface area contributed by atoms with Crippen molar-refractivity contribution in [3.05, 3.63) is 53.1 Å². The summed E-state index contributed by atoms with van der Waals surface area (Å²) in [7, 11) is 0. The Morgan fingerprint density at radius 3 is 2.75 bits per heavy atom. The third-order valence-corrected chi connectivity index (χ3v) is 3.47. The molecule has 3 rings (SSSR count). The molecule has 0 radical (unpaired) electrons. The number of rotatable bonds is 2. The number of oxazole rings is 1. The third-order valence-electron chi connectivity index (χ3n) is 3.47. The summed E-state index contributed by atoms with van der Waals surface area (Å²) in [6, 6.07) is 10.6. The Labute approximate surface area is 115 Å². The Bertz CT molecular complexity index is 818.